The van der Waals surface area contributed by atoms with Gasteiger partial charge in [0.15, 0.2) is 0 Å². The Bertz CT molecular complexity index is 498. The fourth-order valence-electron chi connectivity index (χ4n) is 2.03. The van der Waals surface area contributed by atoms with Crippen LogP contribution in [0.3, 0.4) is 0 Å². The van der Waals surface area contributed by atoms with E-state index in [1.54, 1.807) is 13.0 Å². The molecular weight excluding hydrogens is 266 g/mol. The number of nitrogens with one attached hydrogen (secondary N) is 2. The monoisotopic (exact) mass is 281 g/mol. The summed E-state index contributed by atoms with van der Waals surface area (Å²) in [7, 11) is 0. The second-order valence-corrected chi connectivity index (χ2v) is 4.93. The summed E-state index contributed by atoms with van der Waals surface area (Å²) in [6.45, 7) is 4.53. The highest BCUT2D eigenvalue weighted by molar-refractivity contribution is 6.33. The van der Waals surface area contributed by atoms with Crippen LogP contribution in [0.5, 0.6) is 0 Å². The van der Waals surface area contributed by atoms with Crippen LogP contribution in [-0.4, -0.2) is 36.0 Å². The van der Waals surface area contributed by atoms with Gasteiger partial charge in [-0.3, -0.25) is 4.79 Å². The molecular formula is C13H16ClN3O2. The van der Waals surface area contributed by atoms with Crippen LogP contribution in [0.25, 0.3) is 0 Å². The smallest absolute Gasteiger partial charge is 0.322 e. The normalized spacial score (nSPS) is 19.0. The molecule has 0 saturated carbocycles. The third kappa shape index (κ3) is 2.81. The van der Waals surface area contributed by atoms with E-state index in [0.717, 1.165) is 5.56 Å². The van der Waals surface area contributed by atoms with Crippen molar-refractivity contribution in [2.24, 2.45) is 0 Å². The lowest BCUT2D eigenvalue weighted by molar-refractivity contribution is -0.126. The van der Waals surface area contributed by atoms with E-state index in [0.29, 0.717) is 23.8 Å². The SMILES string of the molecule is Cc1cccc(Cl)c1NC(=O)N1CCNC(=O)C1C. The maximum atomic E-state index is 12.2. The maximum absolute atomic E-state index is 12.2. The van der Waals surface area contributed by atoms with E-state index < -0.39 is 6.04 Å². The third-order valence-electron chi connectivity index (χ3n) is 3.21. The minimum atomic E-state index is -0.475. The van der Waals surface area contributed by atoms with Gasteiger partial charge in [0.1, 0.15) is 6.04 Å². The lowest BCUT2D eigenvalue weighted by atomic mass is 10.2. The molecule has 2 rings (SSSR count). The number of carbonyl (C=O) groups excluding carboxylic acids is 2. The van der Waals surface area contributed by atoms with E-state index >= 15 is 0 Å². The summed E-state index contributed by atoms with van der Waals surface area (Å²) in [6.07, 6.45) is 0. The number of anilines is 1. The molecule has 1 heterocycles. The van der Waals surface area contributed by atoms with Crippen molar-refractivity contribution in [2.75, 3.05) is 18.4 Å². The van der Waals surface area contributed by atoms with Gasteiger partial charge in [0, 0.05) is 13.1 Å². The van der Waals surface area contributed by atoms with Crippen molar-refractivity contribution >= 4 is 29.2 Å². The van der Waals surface area contributed by atoms with Gasteiger partial charge in [-0.15, -0.1) is 0 Å². The third-order valence-corrected chi connectivity index (χ3v) is 3.53. The number of carbonyl (C=O) groups is 2. The minimum Gasteiger partial charge on any atom is -0.353 e. The molecule has 0 radical (unpaired) electrons. The molecule has 1 saturated heterocycles. The van der Waals surface area contributed by atoms with Crippen molar-refractivity contribution in [3.8, 4) is 0 Å². The molecule has 5 nitrogen and oxygen atoms in total. The summed E-state index contributed by atoms with van der Waals surface area (Å²) in [6, 6.07) is 4.63. The molecule has 1 unspecified atom stereocenters. The number of benzene rings is 1. The molecule has 1 fully saturated rings. The van der Waals surface area contributed by atoms with Crippen molar-refractivity contribution in [3.63, 3.8) is 0 Å². The van der Waals surface area contributed by atoms with Gasteiger partial charge in [0.05, 0.1) is 10.7 Å². The number of nitrogens with zero attached hydrogens (tertiary/aromatic N) is 1. The maximum Gasteiger partial charge on any atom is 0.322 e. The van der Waals surface area contributed by atoms with Gasteiger partial charge < -0.3 is 15.5 Å². The average molecular weight is 282 g/mol. The van der Waals surface area contributed by atoms with Gasteiger partial charge >= 0.3 is 6.03 Å². The predicted molar refractivity (Wildman–Crippen MR) is 74.4 cm³/mol. The van der Waals surface area contributed by atoms with E-state index in [9.17, 15) is 9.59 Å². The molecule has 1 aromatic rings. The molecule has 1 aliphatic heterocycles. The van der Waals surface area contributed by atoms with Gasteiger partial charge in [-0.1, -0.05) is 23.7 Å². The Hall–Kier alpha value is -1.75. The van der Waals surface area contributed by atoms with Gasteiger partial charge in [-0.05, 0) is 25.5 Å². The van der Waals surface area contributed by atoms with E-state index in [1.807, 2.05) is 19.1 Å². The highest BCUT2D eigenvalue weighted by atomic mass is 35.5. The first-order chi connectivity index (χ1) is 9.00. The topological polar surface area (TPSA) is 61.4 Å². The molecule has 3 amide bonds. The van der Waals surface area contributed by atoms with Crippen LogP contribution in [0, 0.1) is 6.92 Å². The minimum absolute atomic E-state index is 0.141. The molecule has 6 heteroatoms. The molecule has 1 aliphatic rings. The Morgan fingerprint density at radius 2 is 2.26 bits per heavy atom. The molecule has 1 aromatic carbocycles. The number of hydrogen-bond donors (Lipinski definition) is 2. The number of urea groups is 1. The van der Waals surface area contributed by atoms with Crippen LogP contribution >= 0.6 is 11.6 Å². The second-order valence-electron chi connectivity index (χ2n) is 4.52. The van der Waals surface area contributed by atoms with E-state index in [2.05, 4.69) is 10.6 Å². The van der Waals surface area contributed by atoms with Crippen LogP contribution in [0.1, 0.15) is 12.5 Å². The highest BCUT2D eigenvalue weighted by Gasteiger charge is 2.29. The first-order valence-electron chi connectivity index (χ1n) is 6.11. The fraction of sp³-hybridized carbons (Fsp3) is 0.385. The van der Waals surface area contributed by atoms with Crippen LogP contribution in [-0.2, 0) is 4.79 Å². The number of hydrogen-bond acceptors (Lipinski definition) is 2. The molecule has 0 bridgehead atoms. The van der Waals surface area contributed by atoms with E-state index in [1.165, 1.54) is 4.90 Å². The first-order valence-corrected chi connectivity index (χ1v) is 6.49. The van der Waals surface area contributed by atoms with Crippen LogP contribution in [0.2, 0.25) is 5.02 Å². The Kier molecular flexibility index (Phi) is 3.95. The van der Waals surface area contributed by atoms with Crippen molar-refractivity contribution in [1.29, 1.82) is 0 Å². The van der Waals surface area contributed by atoms with Crippen molar-refractivity contribution in [1.82, 2.24) is 10.2 Å². The Labute approximate surface area is 116 Å². The second kappa shape index (κ2) is 5.48. The van der Waals surface area contributed by atoms with Crippen LogP contribution < -0.4 is 10.6 Å². The highest BCUT2D eigenvalue weighted by Crippen LogP contribution is 2.25. The zero-order valence-electron chi connectivity index (χ0n) is 10.9. The quantitative estimate of drug-likeness (QED) is 0.827. The summed E-state index contributed by atoms with van der Waals surface area (Å²) in [5.41, 5.74) is 1.47. The summed E-state index contributed by atoms with van der Waals surface area (Å²) >= 11 is 6.07. The van der Waals surface area contributed by atoms with Crippen molar-refractivity contribution < 1.29 is 9.59 Å². The molecule has 102 valence electrons. The van der Waals surface area contributed by atoms with Crippen molar-refractivity contribution in [2.45, 2.75) is 19.9 Å². The molecule has 19 heavy (non-hydrogen) atoms. The number of amides is 3. The first kappa shape index (κ1) is 13.7. The largest absolute Gasteiger partial charge is 0.353 e. The zero-order valence-corrected chi connectivity index (χ0v) is 11.6. The molecule has 0 aliphatic carbocycles. The van der Waals surface area contributed by atoms with Gasteiger partial charge in [0.25, 0.3) is 0 Å². The fourth-order valence-corrected chi connectivity index (χ4v) is 2.30. The number of aryl methyl sites for hydroxylation is 1. The van der Waals surface area contributed by atoms with Gasteiger partial charge in [-0.25, -0.2) is 4.79 Å². The lowest BCUT2D eigenvalue weighted by Gasteiger charge is -2.33. The molecule has 1 atom stereocenters. The van der Waals surface area contributed by atoms with Crippen molar-refractivity contribution in [3.05, 3.63) is 28.8 Å². The molecule has 0 spiro atoms. The summed E-state index contributed by atoms with van der Waals surface area (Å²) in [5.74, 6) is -0.141. The number of piperazine rings is 1. The molecule has 2 N–H and O–H groups in total. The van der Waals surface area contributed by atoms with E-state index in [-0.39, 0.29) is 11.9 Å². The Morgan fingerprint density at radius 3 is 2.95 bits per heavy atom. The number of halogens is 1. The van der Waals surface area contributed by atoms with Crippen LogP contribution in [0.4, 0.5) is 10.5 Å². The predicted octanol–water partition coefficient (Wildman–Crippen LogP) is 2.00. The van der Waals surface area contributed by atoms with E-state index in [4.69, 9.17) is 11.6 Å². The van der Waals surface area contributed by atoms with Gasteiger partial charge in [-0.2, -0.15) is 0 Å². The standard InChI is InChI=1S/C13H16ClN3O2/c1-8-4-3-5-10(14)11(8)16-13(19)17-7-6-15-12(18)9(17)2/h3-5,9H,6-7H2,1-2H3,(H,15,18)(H,16,19). The molecule has 0 aromatic heterocycles. The number of para-hydroxylation sites is 1. The summed E-state index contributed by atoms with van der Waals surface area (Å²) in [5, 5.41) is 5.98. The summed E-state index contributed by atoms with van der Waals surface area (Å²) in [4.78, 5) is 25.2. The number of rotatable bonds is 1. The zero-order chi connectivity index (χ0) is 14.0. The van der Waals surface area contributed by atoms with Crippen LogP contribution in [0.15, 0.2) is 18.2 Å². The van der Waals surface area contributed by atoms with Gasteiger partial charge in [0.2, 0.25) is 5.91 Å². The average Bonchev–Trinajstić information content (AvgIpc) is 2.37. The lowest BCUT2D eigenvalue weighted by Crippen LogP contribution is -2.56. The Morgan fingerprint density at radius 1 is 1.53 bits per heavy atom. The Balaban J connectivity index is 2.15. The summed E-state index contributed by atoms with van der Waals surface area (Å²) < 4.78 is 0.